The zero-order valence-corrected chi connectivity index (χ0v) is 16.7. The number of anilines is 1. The molecule has 1 fully saturated rings. The van der Waals surface area contributed by atoms with E-state index in [-0.39, 0.29) is 11.6 Å². The molecule has 1 aliphatic rings. The number of aromatic nitrogens is 7. The lowest BCUT2D eigenvalue weighted by atomic mass is 9.96. The number of imidazole rings is 1. The molecule has 5 rings (SSSR count). The first kappa shape index (κ1) is 17.7. The minimum absolute atomic E-state index is 0.0720. The molecule has 0 bridgehead atoms. The maximum Gasteiger partial charge on any atom is 0.180 e. The van der Waals surface area contributed by atoms with Crippen LogP contribution >= 0.6 is 0 Å². The molecule has 0 spiro atoms. The van der Waals surface area contributed by atoms with Crippen molar-refractivity contribution in [3.63, 3.8) is 0 Å². The first-order valence-corrected chi connectivity index (χ1v) is 9.63. The topological polar surface area (TPSA) is 99.9 Å². The van der Waals surface area contributed by atoms with Crippen LogP contribution in [0.3, 0.4) is 0 Å². The van der Waals surface area contributed by atoms with Crippen molar-refractivity contribution in [2.75, 3.05) is 18.0 Å². The second kappa shape index (κ2) is 6.63. The summed E-state index contributed by atoms with van der Waals surface area (Å²) in [4.78, 5) is 20.4. The van der Waals surface area contributed by atoms with E-state index in [9.17, 15) is 0 Å². The van der Waals surface area contributed by atoms with Crippen LogP contribution in [0.5, 0.6) is 0 Å². The Kier molecular flexibility index (Phi) is 4.06. The summed E-state index contributed by atoms with van der Waals surface area (Å²) in [6.45, 7) is 8.01. The van der Waals surface area contributed by atoms with Crippen molar-refractivity contribution in [2.45, 2.75) is 32.4 Å². The molecule has 148 valence electrons. The Morgan fingerprint density at radius 3 is 2.86 bits per heavy atom. The van der Waals surface area contributed by atoms with Crippen molar-refractivity contribution in [1.29, 1.82) is 0 Å². The number of fused-ring (bicyclic) bond motifs is 1. The van der Waals surface area contributed by atoms with E-state index in [1.807, 2.05) is 42.2 Å². The minimum Gasteiger partial charge on any atom is -0.353 e. The van der Waals surface area contributed by atoms with Gasteiger partial charge in [0.25, 0.3) is 0 Å². The molecule has 1 unspecified atom stereocenters. The predicted octanol–water partition coefficient (Wildman–Crippen LogP) is 2.15. The quantitative estimate of drug-likeness (QED) is 0.554. The fraction of sp³-hybridized carbons (Fsp3) is 0.350. The molecule has 1 saturated heterocycles. The van der Waals surface area contributed by atoms with Gasteiger partial charge in [0.2, 0.25) is 0 Å². The molecule has 1 atom stereocenters. The SMILES string of the molecule is Cc1cn2c(-c3nccc(N4CC(c5cn[nH]c5)NC(C)(C)C4)n3)cnc2cn1. The number of H-pyrrole nitrogens is 1. The van der Waals surface area contributed by atoms with Crippen LogP contribution in [-0.2, 0) is 0 Å². The highest BCUT2D eigenvalue weighted by atomic mass is 15.3. The monoisotopic (exact) mass is 389 g/mol. The molecule has 2 N–H and O–H groups in total. The van der Waals surface area contributed by atoms with Gasteiger partial charge >= 0.3 is 0 Å². The lowest BCUT2D eigenvalue weighted by molar-refractivity contribution is 0.291. The van der Waals surface area contributed by atoms with Crippen molar-refractivity contribution in [1.82, 2.24) is 39.9 Å². The van der Waals surface area contributed by atoms with Crippen molar-refractivity contribution in [2.24, 2.45) is 0 Å². The zero-order chi connectivity index (χ0) is 20.0. The van der Waals surface area contributed by atoms with Crippen molar-refractivity contribution >= 4 is 11.5 Å². The zero-order valence-electron chi connectivity index (χ0n) is 16.7. The number of aryl methyl sites for hydroxylation is 1. The molecule has 4 aromatic rings. The first-order chi connectivity index (χ1) is 14.0. The second-order valence-electron chi connectivity index (χ2n) is 8.13. The highest BCUT2D eigenvalue weighted by Gasteiger charge is 2.33. The fourth-order valence-corrected chi connectivity index (χ4v) is 3.94. The van der Waals surface area contributed by atoms with E-state index in [0.29, 0.717) is 5.82 Å². The van der Waals surface area contributed by atoms with Gasteiger partial charge in [0, 0.05) is 42.8 Å². The summed E-state index contributed by atoms with van der Waals surface area (Å²) in [6, 6.07) is 2.13. The highest BCUT2D eigenvalue weighted by molar-refractivity contribution is 5.58. The Morgan fingerprint density at radius 2 is 2.03 bits per heavy atom. The van der Waals surface area contributed by atoms with Gasteiger partial charge in [-0.25, -0.2) is 15.0 Å². The third-order valence-electron chi connectivity index (χ3n) is 5.19. The third-order valence-corrected chi connectivity index (χ3v) is 5.19. The van der Waals surface area contributed by atoms with Gasteiger partial charge in [-0.3, -0.25) is 14.5 Å². The summed E-state index contributed by atoms with van der Waals surface area (Å²) < 4.78 is 1.98. The van der Waals surface area contributed by atoms with E-state index in [4.69, 9.17) is 4.98 Å². The van der Waals surface area contributed by atoms with Gasteiger partial charge in [0.1, 0.15) is 11.5 Å². The molecular weight excluding hydrogens is 366 g/mol. The normalized spacial score (nSPS) is 19.0. The molecule has 0 amide bonds. The highest BCUT2D eigenvalue weighted by Crippen LogP contribution is 2.28. The molecular formula is C20H23N9. The summed E-state index contributed by atoms with van der Waals surface area (Å²) in [5.74, 6) is 1.55. The summed E-state index contributed by atoms with van der Waals surface area (Å²) in [5.41, 5.74) is 3.62. The molecule has 0 radical (unpaired) electrons. The van der Waals surface area contributed by atoms with Crippen LogP contribution in [0.4, 0.5) is 5.82 Å². The largest absolute Gasteiger partial charge is 0.353 e. The van der Waals surface area contributed by atoms with Gasteiger partial charge in [0.15, 0.2) is 11.5 Å². The Morgan fingerprint density at radius 1 is 1.14 bits per heavy atom. The number of hydrogen-bond acceptors (Lipinski definition) is 7. The van der Waals surface area contributed by atoms with Gasteiger partial charge < -0.3 is 10.2 Å². The Bertz CT molecular complexity index is 1150. The number of aromatic amines is 1. The Hall–Kier alpha value is -3.33. The molecule has 5 heterocycles. The maximum atomic E-state index is 4.88. The van der Waals surface area contributed by atoms with Gasteiger partial charge in [-0.1, -0.05) is 0 Å². The lowest BCUT2D eigenvalue weighted by Crippen LogP contribution is -2.58. The van der Waals surface area contributed by atoms with E-state index in [1.165, 1.54) is 0 Å². The second-order valence-corrected chi connectivity index (χ2v) is 8.13. The van der Waals surface area contributed by atoms with Gasteiger partial charge in [0.05, 0.1) is 30.3 Å². The van der Waals surface area contributed by atoms with Crippen molar-refractivity contribution < 1.29 is 0 Å². The number of nitrogens with one attached hydrogen (secondary N) is 2. The number of piperazine rings is 1. The van der Waals surface area contributed by atoms with E-state index in [0.717, 1.165) is 41.5 Å². The van der Waals surface area contributed by atoms with Gasteiger partial charge in [-0.2, -0.15) is 5.10 Å². The summed E-state index contributed by atoms with van der Waals surface area (Å²) in [7, 11) is 0. The molecule has 0 saturated carbocycles. The molecule has 9 heteroatoms. The van der Waals surface area contributed by atoms with Crippen LogP contribution in [-0.4, -0.2) is 53.2 Å². The average Bonchev–Trinajstić information content (AvgIpc) is 3.37. The fourth-order valence-electron chi connectivity index (χ4n) is 3.94. The van der Waals surface area contributed by atoms with Crippen molar-refractivity contribution in [3.8, 4) is 11.5 Å². The van der Waals surface area contributed by atoms with Gasteiger partial charge in [-0.05, 0) is 26.8 Å². The molecule has 0 aliphatic carbocycles. The summed E-state index contributed by atoms with van der Waals surface area (Å²) in [5, 5.41) is 10.7. The van der Waals surface area contributed by atoms with E-state index in [1.54, 1.807) is 12.4 Å². The minimum atomic E-state index is -0.0720. The predicted molar refractivity (Wildman–Crippen MR) is 110 cm³/mol. The van der Waals surface area contributed by atoms with Crippen LogP contribution in [0.2, 0.25) is 0 Å². The number of rotatable bonds is 3. The van der Waals surface area contributed by atoms with E-state index < -0.39 is 0 Å². The lowest BCUT2D eigenvalue weighted by Gasteiger charge is -2.44. The smallest absolute Gasteiger partial charge is 0.180 e. The van der Waals surface area contributed by atoms with Crippen LogP contribution in [0.15, 0.2) is 43.2 Å². The van der Waals surface area contributed by atoms with Crippen LogP contribution in [0.25, 0.3) is 17.2 Å². The van der Waals surface area contributed by atoms with Crippen LogP contribution < -0.4 is 10.2 Å². The average molecular weight is 389 g/mol. The Labute approximate surface area is 168 Å². The molecule has 1 aliphatic heterocycles. The maximum absolute atomic E-state index is 4.88. The molecule has 4 aromatic heterocycles. The van der Waals surface area contributed by atoms with E-state index in [2.05, 4.69) is 49.2 Å². The molecule has 29 heavy (non-hydrogen) atoms. The van der Waals surface area contributed by atoms with Crippen molar-refractivity contribution in [3.05, 3.63) is 54.5 Å². The summed E-state index contributed by atoms with van der Waals surface area (Å²) >= 11 is 0. The summed E-state index contributed by atoms with van der Waals surface area (Å²) in [6.07, 6.45) is 11.1. The van der Waals surface area contributed by atoms with Crippen LogP contribution in [0, 0.1) is 6.92 Å². The standard InChI is InChI=1S/C20H23N9/c1-13-10-29-16(8-23-18(29)9-22-13)19-21-5-4-17(26-19)28-11-15(14-6-24-25-7-14)27-20(2,3)12-28/h4-10,15,27H,11-12H2,1-3H3,(H,24,25). The number of hydrogen-bond donors (Lipinski definition) is 2. The third kappa shape index (κ3) is 3.33. The first-order valence-electron chi connectivity index (χ1n) is 9.63. The van der Waals surface area contributed by atoms with Crippen LogP contribution in [0.1, 0.15) is 31.1 Å². The molecule has 0 aromatic carbocycles. The van der Waals surface area contributed by atoms with E-state index >= 15 is 0 Å². The Balaban J connectivity index is 1.51. The van der Waals surface area contributed by atoms with Gasteiger partial charge in [-0.15, -0.1) is 0 Å². The number of nitrogens with zero attached hydrogens (tertiary/aromatic N) is 7. The molecule has 9 nitrogen and oxygen atoms in total.